The van der Waals surface area contributed by atoms with Gasteiger partial charge >= 0.3 is 0 Å². The Bertz CT molecular complexity index is 620. The van der Waals surface area contributed by atoms with Gasteiger partial charge in [-0.05, 0) is 0 Å². The minimum atomic E-state index is 0. The van der Waals surface area contributed by atoms with Crippen molar-refractivity contribution < 1.29 is 65.4 Å². The number of hydrogen-bond acceptors (Lipinski definition) is 0. The molecule has 0 atom stereocenters. The summed E-state index contributed by atoms with van der Waals surface area (Å²) in [5, 5.41) is 0. The molecular formula is C24H18Y2-4. The zero-order valence-electron chi connectivity index (χ0n) is 14.5. The monoisotopic (exact) mass is 484 g/mol. The summed E-state index contributed by atoms with van der Waals surface area (Å²) in [6, 6.07) is 46.9. The normalized spacial score (nSPS) is 8.15. The molecule has 0 aliphatic heterocycles. The molecule has 0 spiro atoms. The van der Waals surface area contributed by atoms with Crippen LogP contribution < -0.4 is 0 Å². The summed E-state index contributed by atoms with van der Waals surface area (Å²) in [6.45, 7) is 0. The number of hydrogen-bond donors (Lipinski definition) is 0. The van der Waals surface area contributed by atoms with E-state index in [-0.39, 0.29) is 65.4 Å². The Balaban J connectivity index is 0.000000382. The molecule has 0 fully saturated rings. The summed E-state index contributed by atoms with van der Waals surface area (Å²) in [5.41, 5.74) is 2.45. The van der Waals surface area contributed by atoms with Gasteiger partial charge in [0.05, 0.1) is 0 Å². The van der Waals surface area contributed by atoms with Crippen LogP contribution in [0.15, 0.2) is 109 Å². The maximum atomic E-state index is 2.99. The third kappa shape index (κ3) is 11.7. The fraction of sp³-hybridized carbons (Fsp3) is 0. The van der Waals surface area contributed by atoms with E-state index >= 15 is 0 Å². The first-order chi connectivity index (χ1) is 12.0. The van der Waals surface area contributed by atoms with Crippen molar-refractivity contribution in [3.63, 3.8) is 0 Å². The van der Waals surface area contributed by atoms with Crippen molar-refractivity contribution in [1.82, 2.24) is 0 Å². The second-order valence-corrected chi connectivity index (χ2v) is 4.73. The Morgan fingerprint density at radius 2 is 0.615 bits per heavy atom. The first-order valence-corrected chi connectivity index (χ1v) is 7.71. The van der Waals surface area contributed by atoms with Crippen LogP contribution in [0.1, 0.15) is 0 Å². The van der Waals surface area contributed by atoms with Gasteiger partial charge in [-0.25, -0.2) is 0 Å². The molecule has 4 aromatic rings. The van der Waals surface area contributed by atoms with E-state index in [1.54, 1.807) is 0 Å². The molecule has 0 aliphatic carbocycles. The maximum Gasteiger partial charge on any atom is 0 e. The van der Waals surface area contributed by atoms with E-state index in [0.717, 1.165) is 0 Å². The largest absolute Gasteiger partial charge is 0.184 e. The molecule has 4 rings (SSSR count). The van der Waals surface area contributed by atoms with Crippen molar-refractivity contribution in [3.8, 4) is 11.1 Å². The van der Waals surface area contributed by atoms with Crippen LogP contribution in [0.5, 0.6) is 0 Å². The molecule has 2 heteroatoms. The Labute approximate surface area is 207 Å². The third-order valence-corrected chi connectivity index (χ3v) is 2.98. The third-order valence-electron chi connectivity index (χ3n) is 2.98. The fourth-order valence-corrected chi connectivity index (χ4v) is 1.84. The topological polar surface area (TPSA) is 0 Å². The first kappa shape index (κ1) is 25.1. The van der Waals surface area contributed by atoms with Gasteiger partial charge in [-0.3, -0.25) is 0 Å². The molecule has 4 aromatic carbocycles. The van der Waals surface area contributed by atoms with Crippen molar-refractivity contribution in [3.05, 3.63) is 133 Å². The maximum absolute atomic E-state index is 2.99. The molecule has 0 saturated heterocycles. The van der Waals surface area contributed by atoms with Crippen LogP contribution >= 0.6 is 0 Å². The summed E-state index contributed by atoms with van der Waals surface area (Å²) in [5.74, 6) is 0. The summed E-state index contributed by atoms with van der Waals surface area (Å²) in [6.07, 6.45) is 0. The van der Waals surface area contributed by atoms with Gasteiger partial charge in [0.25, 0.3) is 0 Å². The standard InChI is InChI=1S/C12H8.2C6H5.2Y/c1-3-7-11(8-4-1)12-9-5-2-6-10-12;2*1-2-4-6-5-3-1;;/h3-10H;2*1-5H;;/q-2;2*-1;;. The number of benzene rings is 4. The fourth-order valence-electron chi connectivity index (χ4n) is 1.84. The molecule has 124 valence electrons. The molecule has 0 amide bonds. The van der Waals surface area contributed by atoms with Crippen molar-refractivity contribution in [2.75, 3.05) is 0 Å². The van der Waals surface area contributed by atoms with Gasteiger partial charge in [-0.1, -0.05) is 0 Å². The van der Waals surface area contributed by atoms with E-state index < -0.39 is 0 Å². The van der Waals surface area contributed by atoms with Crippen molar-refractivity contribution in [1.29, 1.82) is 0 Å². The predicted molar refractivity (Wildman–Crippen MR) is 100 cm³/mol. The quantitative estimate of drug-likeness (QED) is 0.294. The molecule has 0 nitrogen and oxygen atoms in total. The minimum Gasteiger partial charge on any atom is -0.184 e. The van der Waals surface area contributed by atoms with E-state index in [9.17, 15) is 0 Å². The number of rotatable bonds is 1. The molecular weight excluding hydrogens is 466 g/mol. The van der Waals surface area contributed by atoms with Crippen LogP contribution in [-0.4, -0.2) is 0 Å². The zero-order valence-corrected chi connectivity index (χ0v) is 20.2. The van der Waals surface area contributed by atoms with Crippen molar-refractivity contribution in [2.45, 2.75) is 0 Å². The SMILES string of the molecule is [Y].[Y].[c-]1ccc(-c2cc[c-]cc2)cc1.[c-]1ccccc1.[c-]1ccccc1. The summed E-state index contributed by atoms with van der Waals surface area (Å²) in [4.78, 5) is 0. The molecule has 0 heterocycles. The van der Waals surface area contributed by atoms with E-state index in [4.69, 9.17) is 0 Å². The molecule has 0 aromatic heterocycles. The Morgan fingerprint density at radius 1 is 0.346 bits per heavy atom. The van der Waals surface area contributed by atoms with E-state index in [2.05, 4.69) is 48.5 Å². The molecule has 0 N–H and O–H groups in total. The second kappa shape index (κ2) is 17.5. The molecule has 0 unspecified atom stereocenters. The van der Waals surface area contributed by atoms with Gasteiger partial charge in [0.15, 0.2) is 0 Å². The van der Waals surface area contributed by atoms with Crippen molar-refractivity contribution >= 4 is 0 Å². The summed E-state index contributed by atoms with van der Waals surface area (Å²) >= 11 is 0. The molecule has 0 aliphatic rings. The second-order valence-electron chi connectivity index (χ2n) is 4.73. The van der Waals surface area contributed by atoms with E-state index in [1.165, 1.54) is 11.1 Å². The van der Waals surface area contributed by atoms with Crippen LogP contribution in [0.2, 0.25) is 0 Å². The van der Waals surface area contributed by atoms with Gasteiger partial charge in [-0.15, -0.1) is 0 Å². The van der Waals surface area contributed by atoms with Crippen LogP contribution in [0.3, 0.4) is 0 Å². The van der Waals surface area contributed by atoms with Gasteiger partial charge in [-0.2, -0.15) is 145 Å². The van der Waals surface area contributed by atoms with E-state index in [1.807, 2.05) is 84.9 Å². The Kier molecular flexibility index (Phi) is 16.9. The van der Waals surface area contributed by atoms with Crippen LogP contribution in [0.25, 0.3) is 11.1 Å². The van der Waals surface area contributed by atoms with Gasteiger partial charge in [0, 0.05) is 65.4 Å². The van der Waals surface area contributed by atoms with Crippen molar-refractivity contribution in [2.24, 2.45) is 0 Å². The zero-order chi connectivity index (χ0) is 16.7. The predicted octanol–water partition coefficient (Wildman–Crippen LogP) is 5.92. The average Bonchev–Trinajstić information content (AvgIpc) is 2.73. The van der Waals surface area contributed by atoms with Crippen LogP contribution in [0, 0.1) is 24.3 Å². The summed E-state index contributed by atoms with van der Waals surface area (Å²) < 4.78 is 0. The summed E-state index contributed by atoms with van der Waals surface area (Å²) in [7, 11) is 0. The van der Waals surface area contributed by atoms with Gasteiger partial charge in [0.2, 0.25) is 0 Å². The minimum absolute atomic E-state index is 0. The Hall–Kier alpha value is -0.912. The van der Waals surface area contributed by atoms with Gasteiger partial charge < -0.3 is 0 Å². The van der Waals surface area contributed by atoms with Crippen LogP contribution in [-0.2, 0) is 65.4 Å². The Morgan fingerprint density at radius 3 is 0.808 bits per heavy atom. The molecule has 26 heavy (non-hydrogen) atoms. The molecule has 0 saturated carbocycles. The van der Waals surface area contributed by atoms with Gasteiger partial charge in [0.1, 0.15) is 0 Å². The van der Waals surface area contributed by atoms with E-state index in [0.29, 0.717) is 0 Å². The smallest absolute Gasteiger partial charge is 0 e. The van der Waals surface area contributed by atoms with Crippen LogP contribution in [0.4, 0.5) is 0 Å². The first-order valence-electron chi connectivity index (χ1n) is 7.71. The average molecular weight is 484 g/mol. The molecule has 2 radical (unpaired) electrons. The molecule has 0 bridgehead atoms.